The fraction of sp³-hybridized carbons (Fsp3) is 0.524. The van der Waals surface area contributed by atoms with Crippen LogP contribution in [0.15, 0.2) is 24.3 Å². The van der Waals surface area contributed by atoms with Gasteiger partial charge in [-0.15, -0.1) is 0 Å². The Bertz CT molecular complexity index is 818. The summed E-state index contributed by atoms with van der Waals surface area (Å²) in [6.45, 7) is 9.56. The van der Waals surface area contributed by atoms with Crippen molar-refractivity contribution in [3.63, 3.8) is 0 Å². The molecule has 152 valence electrons. The molecule has 1 aromatic carbocycles. The number of aromatic nitrogens is 2. The van der Waals surface area contributed by atoms with Crippen LogP contribution in [0, 0.1) is 12.7 Å². The third-order valence-corrected chi connectivity index (χ3v) is 4.80. The Morgan fingerprint density at radius 2 is 1.86 bits per heavy atom. The van der Waals surface area contributed by atoms with Crippen molar-refractivity contribution >= 4 is 17.4 Å². The maximum atomic E-state index is 13.7. The zero-order valence-corrected chi connectivity index (χ0v) is 17.6. The molecule has 0 amide bonds. The summed E-state index contributed by atoms with van der Waals surface area (Å²) in [5.41, 5.74) is 0.939. The first-order valence-electron chi connectivity index (χ1n) is 9.56. The Kier molecular flexibility index (Phi) is 6.40. The van der Waals surface area contributed by atoms with Crippen molar-refractivity contribution in [2.45, 2.75) is 58.8 Å². The third-order valence-electron chi connectivity index (χ3n) is 4.54. The van der Waals surface area contributed by atoms with Crippen molar-refractivity contribution in [3.05, 3.63) is 46.5 Å². The quantitative estimate of drug-likeness (QED) is 0.702. The van der Waals surface area contributed by atoms with Crippen molar-refractivity contribution in [3.8, 4) is 5.88 Å². The van der Waals surface area contributed by atoms with Gasteiger partial charge in [0.2, 0.25) is 5.88 Å². The molecular formula is C21H27ClFN3O2. The predicted molar refractivity (Wildman–Crippen MR) is 109 cm³/mol. The van der Waals surface area contributed by atoms with Gasteiger partial charge in [0, 0.05) is 18.7 Å². The van der Waals surface area contributed by atoms with Crippen molar-refractivity contribution in [2.24, 2.45) is 0 Å². The summed E-state index contributed by atoms with van der Waals surface area (Å²) in [5, 5.41) is 0.343. The van der Waals surface area contributed by atoms with Gasteiger partial charge in [-0.2, -0.15) is 4.98 Å². The summed E-state index contributed by atoms with van der Waals surface area (Å²) in [4.78, 5) is 11.1. The zero-order chi connectivity index (χ0) is 20.3. The topological polar surface area (TPSA) is 47.5 Å². The molecule has 28 heavy (non-hydrogen) atoms. The minimum Gasteiger partial charge on any atom is -0.471 e. The number of benzene rings is 1. The van der Waals surface area contributed by atoms with Crippen molar-refractivity contribution in [1.29, 1.82) is 0 Å². The summed E-state index contributed by atoms with van der Waals surface area (Å²) >= 11 is 6.39. The van der Waals surface area contributed by atoms with Gasteiger partial charge in [0.25, 0.3) is 0 Å². The first-order valence-corrected chi connectivity index (χ1v) is 9.94. The fourth-order valence-electron chi connectivity index (χ4n) is 3.12. The van der Waals surface area contributed by atoms with Crippen LogP contribution >= 0.6 is 11.6 Å². The van der Waals surface area contributed by atoms with Crippen molar-refractivity contribution in [1.82, 2.24) is 9.97 Å². The molecular weight excluding hydrogens is 381 g/mol. The van der Waals surface area contributed by atoms with E-state index in [1.54, 1.807) is 12.1 Å². The van der Waals surface area contributed by atoms with Crippen LogP contribution in [0.2, 0.25) is 5.15 Å². The van der Waals surface area contributed by atoms with E-state index in [2.05, 4.69) is 14.9 Å². The predicted octanol–water partition coefficient (Wildman–Crippen LogP) is 4.94. The lowest BCUT2D eigenvalue weighted by atomic mass is 10.1. The minimum absolute atomic E-state index is 0.0900. The SMILES string of the molecule is Cc1nc(N2CCC(OCc3ccccc3F)CC2)c(Cl)nc1OC(C)(C)C. The number of nitrogens with zero attached hydrogens (tertiary/aromatic N) is 3. The Hall–Kier alpha value is -1.92. The van der Waals surface area contributed by atoms with Gasteiger partial charge < -0.3 is 14.4 Å². The smallest absolute Gasteiger partial charge is 0.237 e. The van der Waals surface area contributed by atoms with Crippen molar-refractivity contribution in [2.75, 3.05) is 18.0 Å². The number of anilines is 1. The number of ether oxygens (including phenoxy) is 2. The normalized spacial score (nSPS) is 15.7. The molecule has 0 saturated carbocycles. The molecule has 1 aromatic heterocycles. The number of rotatable bonds is 5. The molecule has 0 spiro atoms. The van der Waals surface area contributed by atoms with Gasteiger partial charge in [0.1, 0.15) is 17.1 Å². The van der Waals surface area contributed by atoms with E-state index in [1.807, 2.05) is 33.8 Å². The molecule has 3 rings (SSSR count). The maximum absolute atomic E-state index is 13.7. The van der Waals surface area contributed by atoms with Crippen LogP contribution in [-0.2, 0) is 11.3 Å². The molecule has 2 aromatic rings. The molecule has 2 heterocycles. The monoisotopic (exact) mass is 407 g/mol. The molecule has 0 N–H and O–H groups in total. The van der Waals surface area contributed by atoms with E-state index in [4.69, 9.17) is 21.1 Å². The second-order valence-corrected chi connectivity index (χ2v) is 8.39. The first kappa shape index (κ1) is 20.8. The number of hydrogen-bond donors (Lipinski definition) is 0. The molecule has 1 aliphatic rings. The van der Waals surface area contributed by atoms with Crippen molar-refractivity contribution < 1.29 is 13.9 Å². The summed E-state index contributed by atoms with van der Waals surface area (Å²) in [6.07, 6.45) is 1.74. The summed E-state index contributed by atoms with van der Waals surface area (Å²) in [7, 11) is 0. The van der Waals surface area contributed by atoms with Gasteiger partial charge in [0.15, 0.2) is 11.0 Å². The van der Waals surface area contributed by atoms with Crippen LogP contribution in [0.25, 0.3) is 0 Å². The van der Waals surface area contributed by atoms with E-state index in [0.29, 0.717) is 28.1 Å². The van der Waals surface area contributed by atoms with Gasteiger partial charge in [0.05, 0.1) is 12.7 Å². The van der Waals surface area contributed by atoms with Crippen LogP contribution in [0.3, 0.4) is 0 Å². The van der Waals surface area contributed by atoms with Gasteiger partial charge in [-0.25, -0.2) is 9.37 Å². The van der Waals surface area contributed by atoms with E-state index in [9.17, 15) is 4.39 Å². The molecule has 1 saturated heterocycles. The van der Waals surface area contributed by atoms with Gasteiger partial charge in [-0.1, -0.05) is 29.8 Å². The van der Waals surface area contributed by atoms with Crippen LogP contribution < -0.4 is 9.64 Å². The lowest BCUT2D eigenvalue weighted by molar-refractivity contribution is 0.0237. The largest absolute Gasteiger partial charge is 0.471 e. The maximum Gasteiger partial charge on any atom is 0.237 e. The molecule has 0 radical (unpaired) electrons. The van der Waals surface area contributed by atoms with E-state index < -0.39 is 0 Å². The average Bonchev–Trinajstić information content (AvgIpc) is 2.63. The van der Waals surface area contributed by atoms with E-state index in [-0.39, 0.29) is 24.1 Å². The van der Waals surface area contributed by atoms with Crippen LogP contribution in [0.4, 0.5) is 10.2 Å². The van der Waals surface area contributed by atoms with E-state index in [1.165, 1.54) is 6.07 Å². The average molecular weight is 408 g/mol. The van der Waals surface area contributed by atoms with Gasteiger partial charge >= 0.3 is 0 Å². The highest BCUT2D eigenvalue weighted by Crippen LogP contribution is 2.30. The second-order valence-electron chi connectivity index (χ2n) is 8.03. The third kappa shape index (κ3) is 5.32. The fourth-order valence-corrected chi connectivity index (χ4v) is 3.36. The number of aryl methyl sites for hydroxylation is 1. The Morgan fingerprint density at radius 1 is 1.18 bits per heavy atom. The van der Waals surface area contributed by atoms with E-state index in [0.717, 1.165) is 25.9 Å². The Balaban J connectivity index is 1.59. The number of halogens is 2. The zero-order valence-electron chi connectivity index (χ0n) is 16.8. The highest BCUT2D eigenvalue weighted by Gasteiger charge is 2.25. The summed E-state index contributed by atoms with van der Waals surface area (Å²) < 4.78 is 25.5. The van der Waals surface area contributed by atoms with Crippen LogP contribution in [0.5, 0.6) is 5.88 Å². The molecule has 1 fully saturated rings. The number of piperidine rings is 1. The minimum atomic E-state index is -0.363. The standard InChI is InChI=1S/C21H27ClFN3O2/c1-14-20(28-21(2,3)4)25-18(22)19(24-14)26-11-9-16(10-12-26)27-13-15-7-5-6-8-17(15)23/h5-8,16H,9-13H2,1-4H3. The molecule has 0 atom stereocenters. The highest BCUT2D eigenvalue weighted by molar-refractivity contribution is 6.31. The van der Waals surface area contributed by atoms with Gasteiger partial charge in [-0.05, 0) is 46.6 Å². The molecule has 0 bridgehead atoms. The lowest BCUT2D eigenvalue weighted by Crippen LogP contribution is -2.38. The second kappa shape index (κ2) is 8.62. The first-order chi connectivity index (χ1) is 13.2. The lowest BCUT2D eigenvalue weighted by Gasteiger charge is -2.33. The summed E-state index contributed by atoms with van der Waals surface area (Å²) in [5.74, 6) is 0.910. The molecule has 0 aliphatic carbocycles. The van der Waals surface area contributed by atoms with Gasteiger partial charge in [-0.3, -0.25) is 0 Å². The molecule has 1 aliphatic heterocycles. The Labute approximate surface area is 170 Å². The molecule has 7 heteroatoms. The molecule has 5 nitrogen and oxygen atoms in total. The summed E-state index contributed by atoms with van der Waals surface area (Å²) in [6, 6.07) is 6.71. The number of hydrogen-bond acceptors (Lipinski definition) is 5. The van der Waals surface area contributed by atoms with Crippen LogP contribution in [-0.4, -0.2) is 34.8 Å². The Morgan fingerprint density at radius 3 is 2.50 bits per heavy atom. The molecule has 0 unspecified atom stereocenters. The van der Waals surface area contributed by atoms with Crippen LogP contribution in [0.1, 0.15) is 44.9 Å². The van der Waals surface area contributed by atoms with E-state index >= 15 is 0 Å². The highest BCUT2D eigenvalue weighted by atomic mass is 35.5.